The zero-order valence-electron chi connectivity index (χ0n) is 16.7. The topological polar surface area (TPSA) is 62.6 Å². The Bertz CT molecular complexity index is 1050. The summed E-state index contributed by atoms with van der Waals surface area (Å²) in [5.41, 5.74) is 2.41. The van der Waals surface area contributed by atoms with Crippen LogP contribution in [0.4, 0.5) is 0 Å². The van der Waals surface area contributed by atoms with E-state index < -0.39 is 0 Å². The minimum absolute atomic E-state index is 0.0542. The van der Waals surface area contributed by atoms with Gasteiger partial charge >= 0.3 is 0 Å². The van der Waals surface area contributed by atoms with Gasteiger partial charge in [-0.25, -0.2) is 0 Å². The Morgan fingerprint density at radius 2 is 1.83 bits per heavy atom. The standard InChI is InChI=1S/C24H26N2O3/c1-17-10-11-19-21(27)15-23(29-22(19)14-17)24(28)25-16-20(18-8-4-2-5-9-18)26-12-6-3-7-13-26/h2,4-5,8-11,14-15,20H,3,6-7,12-13,16H2,1H3,(H,25,28)/t20-/m0/s1. The number of likely N-dealkylation sites (tertiary alicyclic amines) is 1. The van der Waals surface area contributed by atoms with Crippen molar-refractivity contribution >= 4 is 16.9 Å². The molecule has 5 nitrogen and oxygen atoms in total. The lowest BCUT2D eigenvalue weighted by molar-refractivity contribution is 0.0897. The lowest BCUT2D eigenvalue weighted by Gasteiger charge is -2.35. The maximum Gasteiger partial charge on any atom is 0.287 e. The fourth-order valence-electron chi connectivity index (χ4n) is 4.01. The molecule has 150 valence electrons. The van der Waals surface area contributed by atoms with Crippen LogP contribution in [0.5, 0.6) is 0 Å². The van der Waals surface area contributed by atoms with Crippen LogP contribution in [0, 0.1) is 6.92 Å². The molecule has 4 rings (SSSR count). The molecule has 1 saturated heterocycles. The molecule has 1 atom stereocenters. The van der Waals surface area contributed by atoms with Crippen LogP contribution in [0.25, 0.3) is 11.0 Å². The van der Waals surface area contributed by atoms with Crippen LogP contribution in [-0.4, -0.2) is 30.4 Å². The zero-order valence-corrected chi connectivity index (χ0v) is 16.7. The summed E-state index contributed by atoms with van der Waals surface area (Å²) in [5.74, 6) is -0.304. The van der Waals surface area contributed by atoms with Gasteiger partial charge in [-0.05, 0) is 56.1 Å². The summed E-state index contributed by atoms with van der Waals surface area (Å²) in [4.78, 5) is 27.6. The summed E-state index contributed by atoms with van der Waals surface area (Å²) >= 11 is 0. The highest BCUT2D eigenvalue weighted by atomic mass is 16.3. The number of carbonyl (C=O) groups is 1. The molecular weight excluding hydrogens is 364 g/mol. The molecule has 0 spiro atoms. The third-order valence-corrected chi connectivity index (χ3v) is 5.58. The molecule has 2 heterocycles. The minimum Gasteiger partial charge on any atom is -0.451 e. The van der Waals surface area contributed by atoms with E-state index in [1.165, 1.54) is 30.9 Å². The highest BCUT2D eigenvalue weighted by Crippen LogP contribution is 2.24. The Hall–Kier alpha value is -2.92. The van der Waals surface area contributed by atoms with Crippen molar-refractivity contribution in [2.45, 2.75) is 32.2 Å². The van der Waals surface area contributed by atoms with E-state index in [0.717, 1.165) is 18.7 Å². The average molecular weight is 390 g/mol. The Morgan fingerprint density at radius 1 is 1.07 bits per heavy atom. The van der Waals surface area contributed by atoms with Crippen molar-refractivity contribution in [1.82, 2.24) is 10.2 Å². The number of amides is 1. The number of hydrogen-bond acceptors (Lipinski definition) is 4. The van der Waals surface area contributed by atoms with Gasteiger partial charge in [-0.15, -0.1) is 0 Å². The van der Waals surface area contributed by atoms with Crippen LogP contribution >= 0.6 is 0 Å². The van der Waals surface area contributed by atoms with Gasteiger partial charge in [0.2, 0.25) is 0 Å². The molecule has 1 aliphatic heterocycles. The number of aryl methyl sites for hydroxylation is 1. The maximum absolute atomic E-state index is 12.8. The average Bonchev–Trinajstić information content (AvgIpc) is 2.75. The number of hydrogen-bond donors (Lipinski definition) is 1. The third-order valence-electron chi connectivity index (χ3n) is 5.58. The van der Waals surface area contributed by atoms with Gasteiger partial charge in [-0.3, -0.25) is 14.5 Å². The van der Waals surface area contributed by atoms with Crippen LogP contribution in [-0.2, 0) is 0 Å². The Balaban J connectivity index is 1.55. The second-order valence-corrected chi connectivity index (χ2v) is 7.71. The fourth-order valence-corrected chi connectivity index (χ4v) is 4.01. The number of benzene rings is 2. The number of piperidine rings is 1. The quantitative estimate of drug-likeness (QED) is 0.714. The fraction of sp³-hybridized carbons (Fsp3) is 0.333. The molecule has 1 aromatic heterocycles. The molecule has 2 aromatic carbocycles. The van der Waals surface area contributed by atoms with Crippen LogP contribution in [0.3, 0.4) is 0 Å². The van der Waals surface area contributed by atoms with Crippen LogP contribution in [0.15, 0.2) is 63.8 Å². The van der Waals surface area contributed by atoms with Gasteiger partial charge in [0.15, 0.2) is 11.2 Å². The summed E-state index contributed by atoms with van der Waals surface area (Å²) in [6, 6.07) is 17.0. The first kappa shape index (κ1) is 19.4. The predicted octanol–water partition coefficient (Wildman–Crippen LogP) is 4.06. The number of fused-ring (bicyclic) bond motifs is 1. The van der Waals surface area contributed by atoms with Crippen molar-refractivity contribution in [3.05, 3.63) is 81.7 Å². The molecule has 29 heavy (non-hydrogen) atoms. The first-order chi connectivity index (χ1) is 14.1. The molecule has 0 radical (unpaired) electrons. The number of nitrogens with zero attached hydrogens (tertiary/aromatic N) is 1. The summed E-state index contributed by atoms with van der Waals surface area (Å²) in [6.45, 7) is 4.45. The van der Waals surface area contributed by atoms with Crippen LogP contribution < -0.4 is 10.7 Å². The van der Waals surface area contributed by atoms with Crippen molar-refractivity contribution in [2.75, 3.05) is 19.6 Å². The van der Waals surface area contributed by atoms with Gasteiger partial charge in [0, 0.05) is 12.6 Å². The van der Waals surface area contributed by atoms with Crippen LogP contribution in [0.1, 0.15) is 47.0 Å². The lowest BCUT2D eigenvalue weighted by Crippen LogP contribution is -2.40. The van der Waals surface area contributed by atoms with E-state index in [0.29, 0.717) is 17.5 Å². The zero-order chi connectivity index (χ0) is 20.2. The van der Waals surface area contributed by atoms with Gasteiger partial charge in [-0.1, -0.05) is 42.8 Å². The largest absolute Gasteiger partial charge is 0.451 e. The van der Waals surface area contributed by atoms with Crippen molar-refractivity contribution in [2.24, 2.45) is 0 Å². The normalized spacial score (nSPS) is 15.9. The van der Waals surface area contributed by atoms with Crippen molar-refractivity contribution in [1.29, 1.82) is 0 Å². The minimum atomic E-state index is -0.358. The molecule has 1 fully saturated rings. The SMILES string of the molecule is Cc1ccc2c(=O)cc(C(=O)NC[C@@H](c3ccccc3)N3CCCCC3)oc2c1. The number of carbonyl (C=O) groups excluding carboxylic acids is 1. The van der Waals surface area contributed by atoms with Gasteiger partial charge in [0.05, 0.1) is 11.4 Å². The highest BCUT2D eigenvalue weighted by Gasteiger charge is 2.23. The summed E-state index contributed by atoms with van der Waals surface area (Å²) in [5, 5.41) is 3.48. The van der Waals surface area contributed by atoms with Crippen LogP contribution in [0.2, 0.25) is 0 Å². The Labute approximate surface area is 170 Å². The highest BCUT2D eigenvalue weighted by molar-refractivity contribution is 5.93. The summed E-state index contributed by atoms with van der Waals surface area (Å²) in [6.07, 6.45) is 3.61. The van der Waals surface area contributed by atoms with E-state index in [4.69, 9.17) is 4.42 Å². The van der Waals surface area contributed by atoms with Crippen molar-refractivity contribution < 1.29 is 9.21 Å². The first-order valence-electron chi connectivity index (χ1n) is 10.2. The van der Waals surface area contributed by atoms with E-state index >= 15 is 0 Å². The van der Waals surface area contributed by atoms with E-state index in [1.54, 1.807) is 12.1 Å². The summed E-state index contributed by atoms with van der Waals surface area (Å²) in [7, 11) is 0. The number of rotatable bonds is 5. The molecule has 1 N–H and O–H groups in total. The predicted molar refractivity (Wildman–Crippen MR) is 114 cm³/mol. The second kappa shape index (κ2) is 8.62. The first-order valence-corrected chi connectivity index (χ1v) is 10.2. The maximum atomic E-state index is 12.8. The second-order valence-electron chi connectivity index (χ2n) is 7.71. The molecule has 0 bridgehead atoms. The van der Waals surface area contributed by atoms with E-state index in [-0.39, 0.29) is 23.1 Å². The molecule has 0 saturated carbocycles. The van der Waals surface area contributed by atoms with Crippen molar-refractivity contribution in [3.63, 3.8) is 0 Å². The molecule has 5 heteroatoms. The van der Waals surface area contributed by atoms with Gasteiger partial charge < -0.3 is 9.73 Å². The summed E-state index contributed by atoms with van der Waals surface area (Å²) < 4.78 is 5.74. The smallest absolute Gasteiger partial charge is 0.287 e. The molecular formula is C24H26N2O3. The van der Waals surface area contributed by atoms with E-state index in [2.05, 4.69) is 22.3 Å². The van der Waals surface area contributed by atoms with E-state index in [1.807, 2.05) is 31.2 Å². The number of nitrogens with one attached hydrogen (secondary N) is 1. The van der Waals surface area contributed by atoms with Gasteiger partial charge in [0.25, 0.3) is 5.91 Å². The monoisotopic (exact) mass is 390 g/mol. The molecule has 0 unspecified atom stereocenters. The Kier molecular flexibility index (Phi) is 5.76. The Morgan fingerprint density at radius 3 is 2.59 bits per heavy atom. The van der Waals surface area contributed by atoms with E-state index in [9.17, 15) is 9.59 Å². The lowest BCUT2D eigenvalue weighted by atomic mass is 10.0. The third kappa shape index (κ3) is 4.40. The van der Waals surface area contributed by atoms with Gasteiger partial charge in [-0.2, -0.15) is 0 Å². The molecule has 0 aliphatic carbocycles. The molecule has 1 amide bonds. The van der Waals surface area contributed by atoms with Gasteiger partial charge in [0.1, 0.15) is 5.58 Å². The van der Waals surface area contributed by atoms with Crippen molar-refractivity contribution in [3.8, 4) is 0 Å². The molecule has 1 aliphatic rings. The molecule has 3 aromatic rings.